The van der Waals surface area contributed by atoms with E-state index in [4.69, 9.17) is 11.5 Å². The van der Waals surface area contributed by atoms with Gasteiger partial charge in [-0.15, -0.1) is 6.42 Å². The first-order valence-electron chi connectivity index (χ1n) is 7.18. The maximum Gasteiger partial charge on any atom is 0.335 e. The van der Waals surface area contributed by atoms with Crippen molar-refractivity contribution in [2.45, 2.75) is 6.92 Å². The molecule has 3 rings (SSSR count). The summed E-state index contributed by atoms with van der Waals surface area (Å²) in [6.45, 7) is 2.04. The molecule has 1 aromatic heterocycles. The van der Waals surface area contributed by atoms with Crippen molar-refractivity contribution < 1.29 is 9.90 Å². The lowest BCUT2D eigenvalue weighted by Gasteiger charge is -2.03. The number of carboxylic acids is 1. The van der Waals surface area contributed by atoms with Crippen molar-refractivity contribution in [2.75, 3.05) is 0 Å². The highest BCUT2D eigenvalue weighted by atomic mass is 16.4. The maximum absolute atomic E-state index is 10.9. The van der Waals surface area contributed by atoms with Crippen molar-refractivity contribution in [1.82, 2.24) is 4.57 Å². The van der Waals surface area contributed by atoms with E-state index in [9.17, 15) is 4.79 Å². The smallest absolute Gasteiger partial charge is 0.335 e. The molecule has 0 aliphatic carbocycles. The number of nitrogens with zero attached hydrogens (tertiary/aromatic N) is 1. The lowest BCUT2D eigenvalue weighted by molar-refractivity contribution is 0.0697. The van der Waals surface area contributed by atoms with Crippen LogP contribution in [0.5, 0.6) is 0 Å². The van der Waals surface area contributed by atoms with E-state index < -0.39 is 5.97 Å². The van der Waals surface area contributed by atoms with Crippen molar-refractivity contribution >= 4 is 5.97 Å². The highest BCUT2D eigenvalue weighted by Crippen LogP contribution is 2.26. The largest absolute Gasteiger partial charge is 0.478 e. The van der Waals surface area contributed by atoms with Crippen LogP contribution in [-0.4, -0.2) is 15.6 Å². The number of terminal acetylenes is 1. The molecule has 1 N–H and O–H groups in total. The van der Waals surface area contributed by atoms with Crippen LogP contribution in [0.2, 0.25) is 0 Å². The summed E-state index contributed by atoms with van der Waals surface area (Å²) >= 11 is 0. The van der Waals surface area contributed by atoms with E-state index in [1.807, 2.05) is 36.0 Å². The van der Waals surface area contributed by atoms with Gasteiger partial charge in [0.1, 0.15) is 0 Å². The summed E-state index contributed by atoms with van der Waals surface area (Å²) < 4.78 is 1.91. The van der Waals surface area contributed by atoms with Crippen molar-refractivity contribution in [3.63, 3.8) is 0 Å². The molecule has 0 bridgehead atoms. The Morgan fingerprint density at radius 2 is 1.70 bits per heavy atom. The fourth-order valence-corrected chi connectivity index (χ4v) is 2.46. The molecule has 0 saturated carbocycles. The van der Waals surface area contributed by atoms with Crippen LogP contribution in [0.3, 0.4) is 0 Å². The Balaban J connectivity index is 2.03. The van der Waals surface area contributed by atoms with Crippen molar-refractivity contribution in [2.24, 2.45) is 0 Å². The molecule has 0 spiro atoms. The van der Waals surface area contributed by atoms with E-state index in [-0.39, 0.29) is 5.56 Å². The van der Waals surface area contributed by atoms with Crippen molar-refractivity contribution in [3.8, 4) is 29.2 Å². The molecule has 0 fully saturated rings. The third-order valence-electron chi connectivity index (χ3n) is 3.76. The van der Waals surface area contributed by atoms with Crippen LogP contribution in [-0.2, 0) is 0 Å². The molecule has 0 aliphatic heterocycles. The minimum Gasteiger partial charge on any atom is -0.478 e. The lowest BCUT2D eigenvalue weighted by atomic mass is 10.0. The first-order valence-corrected chi connectivity index (χ1v) is 7.18. The summed E-state index contributed by atoms with van der Waals surface area (Å²) in [6.07, 6.45) is 9.48. The zero-order valence-corrected chi connectivity index (χ0v) is 12.7. The molecule has 0 unspecified atom stereocenters. The second-order valence-corrected chi connectivity index (χ2v) is 5.36. The fraction of sp³-hybridized carbons (Fsp3) is 0.0500. The summed E-state index contributed by atoms with van der Waals surface area (Å²) in [5.41, 5.74) is 5.16. The molecule has 112 valence electrons. The SMILES string of the molecule is C#Cc1cn(-c2ccc(C(=O)O)cc2)cc1-c1ccc(C)cc1. The number of hydrogen-bond donors (Lipinski definition) is 1. The zero-order valence-electron chi connectivity index (χ0n) is 12.7. The van der Waals surface area contributed by atoms with Gasteiger partial charge in [-0.1, -0.05) is 35.7 Å². The Labute approximate surface area is 134 Å². The number of aryl methyl sites for hydroxylation is 1. The van der Waals surface area contributed by atoms with Gasteiger partial charge in [0, 0.05) is 23.6 Å². The van der Waals surface area contributed by atoms with Gasteiger partial charge >= 0.3 is 5.97 Å². The quantitative estimate of drug-likeness (QED) is 0.739. The Bertz CT molecular complexity index is 894. The van der Waals surface area contributed by atoms with Crippen LogP contribution in [0, 0.1) is 19.3 Å². The molecule has 3 nitrogen and oxygen atoms in total. The second kappa shape index (κ2) is 5.86. The molecule has 3 heteroatoms. The van der Waals surface area contributed by atoms with E-state index in [2.05, 4.69) is 18.1 Å². The average molecular weight is 301 g/mol. The van der Waals surface area contributed by atoms with Gasteiger partial charge in [-0.25, -0.2) is 4.79 Å². The third kappa shape index (κ3) is 2.88. The lowest BCUT2D eigenvalue weighted by Crippen LogP contribution is -1.97. The van der Waals surface area contributed by atoms with E-state index in [1.54, 1.807) is 24.3 Å². The minimum atomic E-state index is -0.936. The zero-order chi connectivity index (χ0) is 16.4. The standard InChI is InChI=1S/C20H15NO2/c1-3-15-12-21(18-10-8-17(9-11-18)20(22)23)13-19(15)16-6-4-14(2)5-7-16/h1,4-13H,2H3,(H,22,23). The average Bonchev–Trinajstić information content (AvgIpc) is 3.00. The summed E-state index contributed by atoms with van der Waals surface area (Å²) in [4.78, 5) is 10.9. The number of aromatic carboxylic acids is 1. The van der Waals surface area contributed by atoms with Crippen LogP contribution in [0.1, 0.15) is 21.5 Å². The van der Waals surface area contributed by atoms with Crippen molar-refractivity contribution in [1.29, 1.82) is 0 Å². The van der Waals surface area contributed by atoms with Gasteiger partial charge < -0.3 is 9.67 Å². The van der Waals surface area contributed by atoms with Crippen LogP contribution >= 0.6 is 0 Å². The molecule has 0 aliphatic rings. The predicted molar refractivity (Wildman–Crippen MR) is 90.8 cm³/mol. The molecule has 1 heterocycles. The first-order chi connectivity index (χ1) is 11.1. The van der Waals surface area contributed by atoms with E-state index in [1.165, 1.54) is 5.56 Å². The summed E-state index contributed by atoms with van der Waals surface area (Å²) in [7, 11) is 0. The Morgan fingerprint density at radius 3 is 2.26 bits per heavy atom. The Kier molecular flexibility index (Phi) is 3.74. The van der Waals surface area contributed by atoms with Gasteiger partial charge in [0.2, 0.25) is 0 Å². The van der Waals surface area contributed by atoms with Gasteiger partial charge in [-0.3, -0.25) is 0 Å². The number of hydrogen-bond acceptors (Lipinski definition) is 1. The Hall–Kier alpha value is -3.25. The topological polar surface area (TPSA) is 42.2 Å². The molecular weight excluding hydrogens is 286 g/mol. The second-order valence-electron chi connectivity index (χ2n) is 5.36. The molecule has 0 atom stereocenters. The normalized spacial score (nSPS) is 10.3. The first kappa shape index (κ1) is 14.7. The molecule has 0 saturated heterocycles. The number of aromatic nitrogens is 1. The van der Waals surface area contributed by atoms with Gasteiger partial charge in [-0.05, 0) is 36.8 Å². The van der Waals surface area contributed by atoms with Gasteiger partial charge in [-0.2, -0.15) is 0 Å². The van der Waals surface area contributed by atoms with Gasteiger partial charge in [0.15, 0.2) is 0 Å². The number of benzene rings is 2. The molecular formula is C20H15NO2. The summed E-state index contributed by atoms with van der Waals surface area (Å²) in [5, 5.41) is 8.97. The number of carboxylic acid groups (broad SMARTS) is 1. The van der Waals surface area contributed by atoms with E-state index >= 15 is 0 Å². The molecule has 2 aromatic carbocycles. The molecule has 3 aromatic rings. The van der Waals surface area contributed by atoms with Crippen LogP contribution < -0.4 is 0 Å². The van der Waals surface area contributed by atoms with Crippen LogP contribution in [0.25, 0.3) is 16.8 Å². The highest BCUT2D eigenvalue weighted by Gasteiger charge is 2.09. The predicted octanol–water partition coefficient (Wildman–Crippen LogP) is 4.13. The molecule has 23 heavy (non-hydrogen) atoms. The molecule has 0 amide bonds. The summed E-state index contributed by atoms with van der Waals surface area (Å²) in [6, 6.07) is 14.9. The minimum absolute atomic E-state index is 0.261. The maximum atomic E-state index is 10.9. The summed E-state index contributed by atoms with van der Waals surface area (Å²) in [5.74, 6) is 1.78. The number of rotatable bonds is 3. The van der Waals surface area contributed by atoms with Crippen LogP contribution in [0.15, 0.2) is 60.9 Å². The third-order valence-corrected chi connectivity index (χ3v) is 3.76. The van der Waals surface area contributed by atoms with Gasteiger partial charge in [0.05, 0.1) is 11.1 Å². The number of carbonyl (C=O) groups is 1. The fourth-order valence-electron chi connectivity index (χ4n) is 2.46. The monoisotopic (exact) mass is 301 g/mol. The van der Waals surface area contributed by atoms with Crippen LogP contribution in [0.4, 0.5) is 0 Å². The van der Waals surface area contributed by atoms with E-state index in [0.29, 0.717) is 0 Å². The van der Waals surface area contributed by atoms with Gasteiger partial charge in [0.25, 0.3) is 0 Å². The molecule has 0 radical (unpaired) electrons. The van der Waals surface area contributed by atoms with E-state index in [0.717, 1.165) is 22.4 Å². The Morgan fingerprint density at radius 1 is 1.04 bits per heavy atom. The van der Waals surface area contributed by atoms with Crippen molar-refractivity contribution in [3.05, 3.63) is 77.6 Å². The highest BCUT2D eigenvalue weighted by molar-refractivity contribution is 5.87.